The molecule has 3 aliphatic rings. The smallest absolute Gasteiger partial charge is 0.191 e. The summed E-state index contributed by atoms with van der Waals surface area (Å²) in [5.41, 5.74) is 0. The summed E-state index contributed by atoms with van der Waals surface area (Å²) in [7, 11) is 2.00. The number of hydrogen-bond donors (Lipinski definition) is 2. The molecule has 2 unspecified atom stereocenters. The van der Waals surface area contributed by atoms with Gasteiger partial charge in [-0.15, -0.1) is 10.2 Å². The number of aryl methyl sites for hydroxylation is 1. The van der Waals surface area contributed by atoms with Gasteiger partial charge in [0.15, 0.2) is 11.8 Å². The Balaban J connectivity index is 1.31. The molecule has 168 valence electrons. The third kappa shape index (κ3) is 5.70. The average molecular weight is 419 g/mol. The maximum atomic E-state index is 5.44. The van der Waals surface area contributed by atoms with Crippen molar-refractivity contribution in [1.82, 2.24) is 35.2 Å². The molecule has 0 bridgehead atoms. The minimum atomic E-state index is 0.451. The second-order valence-corrected chi connectivity index (χ2v) is 8.98. The zero-order valence-corrected chi connectivity index (χ0v) is 18.8. The summed E-state index contributed by atoms with van der Waals surface area (Å²) in [6, 6.07) is 1.92. The van der Waals surface area contributed by atoms with Gasteiger partial charge in [0.2, 0.25) is 0 Å². The number of aliphatic imine (C=N–C) groups is 1. The van der Waals surface area contributed by atoms with E-state index in [4.69, 9.17) is 9.73 Å². The molecule has 1 aromatic rings. The monoisotopic (exact) mass is 418 g/mol. The highest BCUT2D eigenvalue weighted by Crippen LogP contribution is 2.33. The second kappa shape index (κ2) is 10.1. The van der Waals surface area contributed by atoms with Crippen molar-refractivity contribution in [2.75, 3.05) is 45.9 Å². The molecule has 1 aliphatic carbocycles. The van der Waals surface area contributed by atoms with Crippen LogP contribution in [0.4, 0.5) is 0 Å². The summed E-state index contributed by atoms with van der Waals surface area (Å²) in [6.07, 6.45) is 5.00. The van der Waals surface area contributed by atoms with Crippen molar-refractivity contribution in [3.63, 3.8) is 0 Å². The van der Waals surface area contributed by atoms with Crippen LogP contribution in [0.25, 0.3) is 0 Å². The van der Waals surface area contributed by atoms with Crippen molar-refractivity contribution in [3.05, 3.63) is 11.6 Å². The molecule has 9 nitrogen and oxygen atoms in total. The van der Waals surface area contributed by atoms with Gasteiger partial charge in [-0.25, -0.2) is 4.99 Å². The quantitative estimate of drug-likeness (QED) is 0.361. The van der Waals surface area contributed by atoms with Gasteiger partial charge in [-0.05, 0) is 46.1 Å². The predicted molar refractivity (Wildman–Crippen MR) is 117 cm³/mol. The Hall–Kier alpha value is -1.71. The predicted octanol–water partition coefficient (Wildman–Crippen LogP) is 0.506. The Kier molecular flexibility index (Phi) is 7.22. The number of aromatic nitrogens is 3. The molecule has 3 fully saturated rings. The lowest BCUT2D eigenvalue weighted by molar-refractivity contribution is 0.0376. The standard InChI is InChI=1S/C21H38N8O/c1-16-13-18(15-29(16)19-5-6-19)24-21(23-14-20-26-25-17(2)27(20)3)22-7-4-8-28-9-11-30-12-10-28/h16,18-19H,4-15H2,1-3H3,(H2,22,23,24). The molecular weight excluding hydrogens is 380 g/mol. The van der Waals surface area contributed by atoms with Crippen LogP contribution >= 0.6 is 0 Å². The van der Waals surface area contributed by atoms with E-state index in [9.17, 15) is 0 Å². The van der Waals surface area contributed by atoms with Crippen LogP contribution in [0.5, 0.6) is 0 Å². The fourth-order valence-electron chi connectivity index (χ4n) is 4.49. The van der Waals surface area contributed by atoms with E-state index >= 15 is 0 Å². The van der Waals surface area contributed by atoms with Crippen LogP contribution in [-0.2, 0) is 18.3 Å². The van der Waals surface area contributed by atoms with Crippen LogP contribution in [0.1, 0.15) is 44.3 Å². The minimum Gasteiger partial charge on any atom is -0.379 e. The number of guanidine groups is 1. The van der Waals surface area contributed by atoms with Gasteiger partial charge in [0.1, 0.15) is 12.4 Å². The van der Waals surface area contributed by atoms with Crippen molar-refractivity contribution in [3.8, 4) is 0 Å². The minimum absolute atomic E-state index is 0.451. The number of likely N-dealkylation sites (tertiary alicyclic amines) is 1. The van der Waals surface area contributed by atoms with Crippen molar-refractivity contribution in [2.24, 2.45) is 12.0 Å². The topological polar surface area (TPSA) is 82.8 Å². The van der Waals surface area contributed by atoms with Crippen LogP contribution in [0, 0.1) is 6.92 Å². The van der Waals surface area contributed by atoms with Crippen LogP contribution in [-0.4, -0.2) is 94.6 Å². The number of ether oxygens (including phenoxy) is 1. The lowest BCUT2D eigenvalue weighted by Gasteiger charge is -2.26. The maximum absolute atomic E-state index is 5.44. The molecule has 2 saturated heterocycles. The summed E-state index contributed by atoms with van der Waals surface area (Å²) in [5, 5.41) is 15.7. The van der Waals surface area contributed by atoms with E-state index in [1.807, 2.05) is 18.5 Å². The molecule has 2 atom stereocenters. The largest absolute Gasteiger partial charge is 0.379 e. The molecule has 2 N–H and O–H groups in total. The molecule has 0 radical (unpaired) electrons. The van der Waals surface area contributed by atoms with Gasteiger partial charge < -0.3 is 19.9 Å². The van der Waals surface area contributed by atoms with E-state index in [2.05, 4.69) is 37.6 Å². The normalized spacial score (nSPS) is 26.3. The molecular formula is C21H38N8O. The molecule has 30 heavy (non-hydrogen) atoms. The number of hydrogen-bond acceptors (Lipinski definition) is 6. The van der Waals surface area contributed by atoms with Gasteiger partial charge in [-0.2, -0.15) is 0 Å². The van der Waals surface area contributed by atoms with Gasteiger partial charge in [-0.3, -0.25) is 9.80 Å². The Bertz CT molecular complexity index is 710. The fourth-order valence-corrected chi connectivity index (χ4v) is 4.49. The molecule has 1 saturated carbocycles. The first-order chi connectivity index (χ1) is 14.6. The first-order valence-corrected chi connectivity index (χ1v) is 11.6. The Labute approximate surface area is 180 Å². The summed E-state index contributed by atoms with van der Waals surface area (Å²) in [5.74, 6) is 2.70. The fraction of sp³-hybridized carbons (Fsp3) is 0.857. The van der Waals surface area contributed by atoms with Crippen molar-refractivity contribution in [2.45, 2.75) is 64.2 Å². The lowest BCUT2D eigenvalue weighted by Crippen LogP contribution is -2.45. The molecule has 0 amide bonds. The van der Waals surface area contributed by atoms with Crippen molar-refractivity contribution in [1.29, 1.82) is 0 Å². The lowest BCUT2D eigenvalue weighted by atomic mass is 10.2. The third-order valence-corrected chi connectivity index (χ3v) is 6.59. The average Bonchev–Trinajstić information content (AvgIpc) is 3.46. The zero-order valence-electron chi connectivity index (χ0n) is 18.8. The highest BCUT2D eigenvalue weighted by atomic mass is 16.5. The highest BCUT2D eigenvalue weighted by molar-refractivity contribution is 5.80. The molecule has 3 heterocycles. The summed E-state index contributed by atoms with van der Waals surface area (Å²) in [6.45, 7) is 11.8. The number of nitrogens with one attached hydrogen (secondary N) is 2. The molecule has 2 aliphatic heterocycles. The number of rotatable bonds is 8. The van der Waals surface area contributed by atoms with Crippen molar-refractivity contribution >= 4 is 5.96 Å². The summed E-state index contributed by atoms with van der Waals surface area (Å²) >= 11 is 0. The highest BCUT2D eigenvalue weighted by Gasteiger charge is 2.38. The van der Waals surface area contributed by atoms with E-state index in [-0.39, 0.29) is 0 Å². The van der Waals surface area contributed by atoms with Crippen LogP contribution in [0.15, 0.2) is 4.99 Å². The van der Waals surface area contributed by atoms with E-state index in [1.165, 1.54) is 19.3 Å². The molecule has 1 aromatic heterocycles. The second-order valence-electron chi connectivity index (χ2n) is 8.98. The number of nitrogens with zero attached hydrogens (tertiary/aromatic N) is 6. The number of morpholine rings is 1. The summed E-state index contributed by atoms with van der Waals surface area (Å²) in [4.78, 5) is 9.99. The van der Waals surface area contributed by atoms with Crippen LogP contribution in [0.2, 0.25) is 0 Å². The first-order valence-electron chi connectivity index (χ1n) is 11.6. The maximum Gasteiger partial charge on any atom is 0.191 e. The van der Waals surface area contributed by atoms with Gasteiger partial charge in [0, 0.05) is 51.4 Å². The zero-order chi connectivity index (χ0) is 20.9. The first kappa shape index (κ1) is 21.5. The molecule has 9 heteroatoms. The van der Waals surface area contributed by atoms with E-state index in [0.717, 1.165) is 76.0 Å². The Morgan fingerprint density at radius 1 is 1.23 bits per heavy atom. The Morgan fingerprint density at radius 2 is 2.03 bits per heavy atom. The van der Waals surface area contributed by atoms with E-state index < -0.39 is 0 Å². The van der Waals surface area contributed by atoms with Gasteiger partial charge in [-0.1, -0.05) is 0 Å². The van der Waals surface area contributed by atoms with Crippen LogP contribution in [0.3, 0.4) is 0 Å². The summed E-state index contributed by atoms with van der Waals surface area (Å²) < 4.78 is 7.44. The molecule has 0 aromatic carbocycles. The van der Waals surface area contributed by atoms with Gasteiger partial charge in [0.25, 0.3) is 0 Å². The van der Waals surface area contributed by atoms with Crippen molar-refractivity contribution < 1.29 is 4.74 Å². The third-order valence-electron chi connectivity index (χ3n) is 6.59. The molecule has 4 rings (SSSR count). The van der Waals surface area contributed by atoms with E-state index in [0.29, 0.717) is 18.6 Å². The molecule has 0 spiro atoms. The Morgan fingerprint density at radius 3 is 2.73 bits per heavy atom. The van der Waals surface area contributed by atoms with E-state index in [1.54, 1.807) is 0 Å². The van der Waals surface area contributed by atoms with Gasteiger partial charge >= 0.3 is 0 Å². The van der Waals surface area contributed by atoms with Gasteiger partial charge in [0.05, 0.1) is 13.2 Å². The SMILES string of the molecule is Cc1nnc(CN=C(NCCCN2CCOCC2)NC2CC(C)N(C3CC3)C2)n1C. The van der Waals surface area contributed by atoms with Crippen LogP contribution < -0.4 is 10.6 Å².